The quantitative estimate of drug-likeness (QED) is 0.657. The number of amides is 1. The van der Waals surface area contributed by atoms with E-state index in [4.69, 9.17) is 9.47 Å². The van der Waals surface area contributed by atoms with E-state index in [2.05, 4.69) is 5.32 Å². The van der Waals surface area contributed by atoms with Gasteiger partial charge in [0.25, 0.3) is 0 Å². The zero-order valence-electron chi connectivity index (χ0n) is 17.7. The van der Waals surface area contributed by atoms with Crippen LogP contribution in [0.1, 0.15) is 33.6 Å². The Hall–Kier alpha value is -3.24. The number of benzene rings is 2. The van der Waals surface area contributed by atoms with Crippen molar-refractivity contribution >= 4 is 33.6 Å². The molecule has 10 heteroatoms. The van der Waals surface area contributed by atoms with E-state index < -0.39 is 33.8 Å². The molecule has 2 aromatic rings. The number of hydrogen-bond donors (Lipinski definition) is 1. The zero-order chi connectivity index (χ0) is 23.3. The van der Waals surface area contributed by atoms with E-state index in [0.717, 1.165) is 0 Å². The van der Waals surface area contributed by atoms with Crippen molar-refractivity contribution in [3.63, 3.8) is 0 Å². The molecule has 0 bridgehead atoms. The van der Waals surface area contributed by atoms with E-state index in [1.165, 1.54) is 48.9 Å². The lowest BCUT2D eigenvalue weighted by atomic mass is 9.98. The van der Waals surface area contributed by atoms with Crippen LogP contribution in [-0.4, -0.2) is 57.9 Å². The number of methoxy groups -OCH3 is 2. The minimum Gasteiger partial charge on any atom is -0.465 e. The van der Waals surface area contributed by atoms with Crippen LogP contribution in [0.15, 0.2) is 53.4 Å². The molecular weight excluding hydrogens is 436 g/mol. The second-order valence-corrected chi connectivity index (χ2v) is 9.22. The third-order valence-electron chi connectivity index (χ3n) is 5.18. The van der Waals surface area contributed by atoms with Crippen LogP contribution in [0.3, 0.4) is 0 Å². The molecule has 0 aromatic heterocycles. The van der Waals surface area contributed by atoms with Gasteiger partial charge in [0.1, 0.15) is 0 Å². The predicted octanol–water partition coefficient (Wildman–Crippen LogP) is 2.30. The highest BCUT2D eigenvalue weighted by atomic mass is 32.2. The van der Waals surface area contributed by atoms with Gasteiger partial charge < -0.3 is 14.8 Å². The molecule has 0 radical (unpaired) electrons. The number of rotatable bonds is 6. The molecule has 1 saturated heterocycles. The molecule has 0 saturated carbocycles. The number of piperidine rings is 1. The Labute approximate surface area is 186 Å². The third kappa shape index (κ3) is 5.14. The average Bonchev–Trinajstić information content (AvgIpc) is 2.83. The summed E-state index contributed by atoms with van der Waals surface area (Å²) in [6.07, 6.45) is 1.03. The van der Waals surface area contributed by atoms with Gasteiger partial charge >= 0.3 is 11.9 Å². The molecule has 170 valence electrons. The molecule has 9 nitrogen and oxygen atoms in total. The summed E-state index contributed by atoms with van der Waals surface area (Å²) < 4.78 is 36.5. The number of nitrogens with zero attached hydrogens (tertiary/aromatic N) is 1. The van der Waals surface area contributed by atoms with E-state index in [1.807, 2.05) is 0 Å². The minimum absolute atomic E-state index is 0.0314. The average molecular weight is 461 g/mol. The first-order valence-electron chi connectivity index (χ1n) is 9.94. The van der Waals surface area contributed by atoms with E-state index in [0.29, 0.717) is 19.4 Å². The summed E-state index contributed by atoms with van der Waals surface area (Å²) >= 11 is 0. The largest absolute Gasteiger partial charge is 0.465 e. The van der Waals surface area contributed by atoms with Crippen molar-refractivity contribution in [1.82, 2.24) is 4.31 Å². The number of sulfonamides is 1. The number of hydrogen-bond acceptors (Lipinski definition) is 7. The number of anilines is 1. The van der Waals surface area contributed by atoms with Crippen LogP contribution in [-0.2, 0) is 24.3 Å². The Bertz CT molecular complexity index is 1080. The van der Waals surface area contributed by atoms with E-state index in [1.54, 1.807) is 18.2 Å². The minimum atomic E-state index is -3.71. The number of nitrogens with one attached hydrogen (secondary N) is 1. The first kappa shape index (κ1) is 23.4. The molecule has 1 fully saturated rings. The van der Waals surface area contributed by atoms with Crippen molar-refractivity contribution in [3.05, 3.63) is 59.7 Å². The molecule has 1 unspecified atom stereocenters. The van der Waals surface area contributed by atoms with Gasteiger partial charge in [0.05, 0.1) is 36.2 Å². The monoisotopic (exact) mass is 460 g/mol. The normalized spacial score (nSPS) is 16.8. The molecule has 1 aliphatic rings. The topological polar surface area (TPSA) is 119 Å². The number of esters is 2. The van der Waals surface area contributed by atoms with Crippen molar-refractivity contribution < 1.29 is 32.3 Å². The van der Waals surface area contributed by atoms with E-state index >= 15 is 0 Å². The Morgan fingerprint density at radius 3 is 2.12 bits per heavy atom. The molecule has 0 aliphatic carbocycles. The molecule has 1 amide bonds. The molecule has 3 rings (SSSR count). The Kier molecular flexibility index (Phi) is 7.26. The fraction of sp³-hybridized carbons (Fsp3) is 0.318. The smallest absolute Gasteiger partial charge is 0.337 e. The van der Waals surface area contributed by atoms with Gasteiger partial charge in [-0.25, -0.2) is 18.0 Å². The standard InChI is InChI=1S/C22H24N2O7S/c1-30-21(26)16-11-17(22(27)31-2)13-18(12-16)23-20(25)15-7-6-10-24(14-15)32(28,29)19-8-4-3-5-9-19/h3-5,8-9,11-13,15H,6-7,10,14H2,1-2H3,(H,23,25). The fourth-order valence-electron chi connectivity index (χ4n) is 3.53. The van der Waals surface area contributed by atoms with Crippen LogP contribution < -0.4 is 5.32 Å². The lowest BCUT2D eigenvalue weighted by Crippen LogP contribution is -2.43. The second-order valence-electron chi connectivity index (χ2n) is 7.29. The highest BCUT2D eigenvalue weighted by molar-refractivity contribution is 7.89. The molecule has 2 aromatic carbocycles. The van der Waals surface area contributed by atoms with Crippen LogP contribution in [0.25, 0.3) is 0 Å². The molecule has 1 atom stereocenters. The highest BCUT2D eigenvalue weighted by Gasteiger charge is 2.33. The highest BCUT2D eigenvalue weighted by Crippen LogP contribution is 2.25. The van der Waals surface area contributed by atoms with Gasteiger partial charge in [0, 0.05) is 18.8 Å². The van der Waals surface area contributed by atoms with E-state index in [9.17, 15) is 22.8 Å². The van der Waals surface area contributed by atoms with Crippen LogP contribution in [0.2, 0.25) is 0 Å². The van der Waals surface area contributed by atoms with E-state index in [-0.39, 0.29) is 28.3 Å². The van der Waals surface area contributed by atoms with Crippen LogP contribution >= 0.6 is 0 Å². The van der Waals surface area contributed by atoms with Crippen LogP contribution in [0.4, 0.5) is 5.69 Å². The summed E-state index contributed by atoms with van der Waals surface area (Å²) in [5.41, 5.74) is 0.353. The maximum Gasteiger partial charge on any atom is 0.337 e. The first-order valence-corrected chi connectivity index (χ1v) is 11.4. The van der Waals surface area contributed by atoms with Gasteiger partial charge in [0.2, 0.25) is 15.9 Å². The maximum atomic E-state index is 12.9. The SMILES string of the molecule is COC(=O)c1cc(NC(=O)C2CCCN(S(=O)(=O)c3ccccc3)C2)cc(C(=O)OC)c1. The van der Waals surface area contributed by atoms with Gasteiger partial charge in [-0.3, -0.25) is 4.79 Å². The van der Waals surface area contributed by atoms with Crippen molar-refractivity contribution in [1.29, 1.82) is 0 Å². The van der Waals surface area contributed by atoms with Crippen molar-refractivity contribution in [3.8, 4) is 0 Å². The van der Waals surface area contributed by atoms with Gasteiger partial charge in [-0.2, -0.15) is 4.31 Å². The Morgan fingerprint density at radius 2 is 1.56 bits per heavy atom. The van der Waals surface area contributed by atoms with Crippen LogP contribution in [0, 0.1) is 5.92 Å². The van der Waals surface area contributed by atoms with Crippen molar-refractivity contribution in [2.75, 3.05) is 32.6 Å². The molecule has 32 heavy (non-hydrogen) atoms. The van der Waals surface area contributed by atoms with Gasteiger partial charge in [-0.05, 0) is 43.2 Å². The third-order valence-corrected chi connectivity index (χ3v) is 7.06. The zero-order valence-corrected chi connectivity index (χ0v) is 18.6. The second kappa shape index (κ2) is 9.92. The number of ether oxygens (including phenoxy) is 2. The lowest BCUT2D eigenvalue weighted by molar-refractivity contribution is -0.120. The summed E-state index contributed by atoms with van der Waals surface area (Å²) in [4.78, 5) is 37.0. The summed E-state index contributed by atoms with van der Waals surface area (Å²) in [6.45, 7) is 0.356. The Balaban J connectivity index is 1.79. The molecule has 1 heterocycles. The number of carbonyl (C=O) groups excluding carboxylic acids is 3. The molecular formula is C22H24N2O7S. The van der Waals surface area contributed by atoms with Crippen molar-refractivity contribution in [2.24, 2.45) is 5.92 Å². The van der Waals surface area contributed by atoms with Crippen LogP contribution in [0.5, 0.6) is 0 Å². The number of carbonyl (C=O) groups is 3. The van der Waals surface area contributed by atoms with Gasteiger partial charge in [-0.1, -0.05) is 18.2 Å². The molecule has 0 spiro atoms. The van der Waals surface area contributed by atoms with Gasteiger partial charge in [0.15, 0.2) is 0 Å². The Morgan fingerprint density at radius 1 is 0.969 bits per heavy atom. The maximum absolute atomic E-state index is 12.9. The summed E-state index contributed by atoms with van der Waals surface area (Å²) in [7, 11) is -1.31. The summed E-state index contributed by atoms with van der Waals surface area (Å²) in [5.74, 6) is -2.35. The summed E-state index contributed by atoms with van der Waals surface area (Å²) in [5, 5.41) is 2.69. The fourth-order valence-corrected chi connectivity index (χ4v) is 5.08. The van der Waals surface area contributed by atoms with Crippen molar-refractivity contribution in [2.45, 2.75) is 17.7 Å². The van der Waals surface area contributed by atoms with Gasteiger partial charge in [-0.15, -0.1) is 0 Å². The first-order chi connectivity index (χ1) is 15.3. The lowest BCUT2D eigenvalue weighted by Gasteiger charge is -2.31. The molecule has 1 aliphatic heterocycles. The predicted molar refractivity (Wildman–Crippen MR) is 116 cm³/mol. The summed E-state index contributed by atoms with van der Waals surface area (Å²) in [6, 6.07) is 12.1. The molecule has 1 N–H and O–H groups in total.